The fourth-order valence-electron chi connectivity index (χ4n) is 3.03. The Morgan fingerprint density at radius 3 is 2.27 bits per heavy atom. The summed E-state index contributed by atoms with van der Waals surface area (Å²) in [6.07, 6.45) is 1.66. The number of nitrogens with zero attached hydrogens (tertiary/aromatic N) is 2. The van der Waals surface area contributed by atoms with E-state index in [-0.39, 0.29) is 16.1 Å². The van der Waals surface area contributed by atoms with Crippen molar-refractivity contribution in [3.8, 4) is 5.75 Å². The average molecular weight is 452 g/mol. The first-order valence-corrected chi connectivity index (χ1v) is 11.5. The molecule has 5 nitrogen and oxygen atoms in total. The molecule has 1 aromatic heterocycles. The summed E-state index contributed by atoms with van der Waals surface area (Å²) in [5.74, 6) is 1.59. The van der Waals surface area contributed by atoms with Gasteiger partial charge in [0.15, 0.2) is 0 Å². The minimum atomic E-state index is -0.406. The van der Waals surface area contributed by atoms with Crippen molar-refractivity contribution in [2.45, 2.75) is 77.9 Å². The second kappa shape index (κ2) is 9.75. The van der Waals surface area contributed by atoms with Crippen LogP contribution in [-0.4, -0.2) is 27.7 Å². The molecule has 0 aliphatic rings. The number of aryl methyl sites for hydroxylation is 2. The molecular formula is C23H34ClN3O2S. The van der Waals surface area contributed by atoms with Crippen LogP contribution in [0.15, 0.2) is 28.0 Å². The van der Waals surface area contributed by atoms with Gasteiger partial charge in [-0.05, 0) is 72.1 Å². The van der Waals surface area contributed by atoms with Gasteiger partial charge in [0.05, 0.1) is 23.2 Å². The summed E-state index contributed by atoms with van der Waals surface area (Å²) in [5, 5.41) is 8.00. The number of rotatable bonds is 7. The van der Waals surface area contributed by atoms with E-state index < -0.39 is 5.54 Å². The molecule has 1 heterocycles. The largest absolute Gasteiger partial charge is 0.492 e. The van der Waals surface area contributed by atoms with Crippen molar-refractivity contribution < 1.29 is 4.74 Å². The van der Waals surface area contributed by atoms with Crippen LogP contribution in [0.25, 0.3) is 0 Å². The van der Waals surface area contributed by atoms with Gasteiger partial charge in [-0.25, -0.2) is 4.68 Å². The Labute approximate surface area is 189 Å². The quantitative estimate of drug-likeness (QED) is 0.455. The SMILES string of the molecule is Cc1cc(CNC(C)(C)C)cc(C)c1OCCSc1cnn(C(C)(C)C)c(=O)c1Cl. The molecule has 7 heteroatoms. The van der Waals surface area contributed by atoms with Gasteiger partial charge < -0.3 is 10.1 Å². The second-order valence-corrected chi connectivity index (χ2v) is 11.1. The number of ether oxygens (including phenoxy) is 1. The van der Waals surface area contributed by atoms with Gasteiger partial charge in [0.25, 0.3) is 5.56 Å². The van der Waals surface area contributed by atoms with Crippen LogP contribution >= 0.6 is 23.4 Å². The fraction of sp³-hybridized carbons (Fsp3) is 0.565. The summed E-state index contributed by atoms with van der Waals surface area (Å²) >= 11 is 7.77. The summed E-state index contributed by atoms with van der Waals surface area (Å²) in [6.45, 7) is 17.7. The van der Waals surface area contributed by atoms with Gasteiger partial charge >= 0.3 is 0 Å². The first-order valence-electron chi connectivity index (χ1n) is 10.2. The van der Waals surface area contributed by atoms with E-state index in [1.54, 1.807) is 6.20 Å². The molecule has 0 atom stereocenters. The summed E-state index contributed by atoms with van der Waals surface area (Å²) in [4.78, 5) is 13.1. The Morgan fingerprint density at radius 1 is 1.13 bits per heavy atom. The van der Waals surface area contributed by atoms with E-state index in [0.717, 1.165) is 23.4 Å². The van der Waals surface area contributed by atoms with Crippen molar-refractivity contribution in [1.82, 2.24) is 15.1 Å². The van der Waals surface area contributed by atoms with Gasteiger partial charge in [-0.3, -0.25) is 4.79 Å². The van der Waals surface area contributed by atoms with Crippen molar-refractivity contribution >= 4 is 23.4 Å². The monoisotopic (exact) mass is 451 g/mol. The number of halogens is 1. The van der Waals surface area contributed by atoms with Gasteiger partial charge in [-0.15, -0.1) is 11.8 Å². The van der Waals surface area contributed by atoms with Crippen LogP contribution in [0.4, 0.5) is 0 Å². The number of benzene rings is 1. The minimum absolute atomic E-state index is 0.0812. The van der Waals surface area contributed by atoms with Crippen LogP contribution < -0.4 is 15.6 Å². The van der Waals surface area contributed by atoms with Crippen molar-refractivity contribution in [3.63, 3.8) is 0 Å². The molecule has 166 valence electrons. The van der Waals surface area contributed by atoms with Gasteiger partial charge in [0, 0.05) is 17.8 Å². The summed E-state index contributed by atoms with van der Waals surface area (Å²) in [7, 11) is 0. The van der Waals surface area contributed by atoms with E-state index >= 15 is 0 Å². The Balaban J connectivity index is 1.98. The number of aromatic nitrogens is 2. The average Bonchev–Trinajstić information content (AvgIpc) is 2.60. The highest BCUT2D eigenvalue weighted by molar-refractivity contribution is 7.99. The molecule has 0 fully saturated rings. The molecule has 0 bridgehead atoms. The van der Waals surface area contributed by atoms with Gasteiger partial charge in [0.2, 0.25) is 0 Å². The molecule has 2 rings (SSSR count). The zero-order valence-electron chi connectivity index (χ0n) is 19.4. The predicted molar refractivity (Wildman–Crippen MR) is 127 cm³/mol. The van der Waals surface area contributed by atoms with Gasteiger partial charge in [-0.2, -0.15) is 5.10 Å². The lowest BCUT2D eigenvalue weighted by molar-refractivity contribution is 0.335. The van der Waals surface area contributed by atoms with Crippen LogP contribution in [0.5, 0.6) is 5.75 Å². The molecule has 1 aromatic carbocycles. The third-order valence-corrected chi connectivity index (χ3v) is 5.92. The fourth-order valence-corrected chi connectivity index (χ4v) is 4.04. The zero-order chi connectivity index (χ0) is 22.7. The minimum Gasteiger partial charge on any atom is -0.492 e. The van der Waals surface area contributed by atoms with Gasteiger partial charge in [0.1, 0.15) is 10.8 Å². The summed E-state index contributed by atoms with van der Waals surface area (Å²) in [6, 6.07) is 4.34. The highest BCUT2D eigenvalue weighted by Crippen LogP contribution is 2.27. The maximum absolute atomic E-state index is 12.4. The standard InChI is InChI=1S/C23H34ClN3O2S/c1-15-11-17(13-25-22(3,4)5)12-16(2)20(15)29-9-10-30-18-14-26-27(23(6,7)8)21(28)19(18)24/h11-12,14,25H,9-10,13H2,1-8H3. The Bertz CT molecular complexity index is 920. The first kappa shape index (κ1) is 24.8. The van der Waals surface area contributed by atoms with E-state index in [4.69, 9.17) is 16.3 Å². The van der Waals surface area contributed by atoms with Crippen molar-refractivity contribution in [3.05, 3.63) is 50.4 Å². The van der Waals surface area contributed by atoms with Gasteiger partial charge in [-0.1, -0.05) is 23.7 Å². The molecule has 0 saturated heterocycles. The summed E-state index contributed by atoms with van der Waals surface area (Å²) < 4.78 is 7.47. The lowest BCUT2D eigenvalue weighted by Crippen LogP contribution is -2.36. The number of nitrogens with one attached hydrogen (secondary N) is 1. The summed E-state index contributed by atoms with van der Waals surface area (Å²) in [5.41, 5.74) is 2.91. The molecule has 2 aromatic rings. The third kappa shape index (κ3) is 6.76. The molecule has 0 saturated carbocycles. The highest BCUT2D eigenvalue weighted by Gasteiger charge is 2.19. The van der Waals surface area contributed by atoms with E-state index in [1.165, 1.54) is 22.0 Å². The number of thioether (sulfide) groups is 1. The lowest BCUT2D eigenvalue weighted by Gasteiger charge is -2.21. The van der Waals surface area contributed by atoms with E-state index in [9.17, 15) is 4.79 Å². The first-order chi connectivity index (χ1) is 13.8. The Kier molecular flexibility index (Phi) is 8.05. The molecule has 0 aliphatic carbocycles. The zero-order valence-corrected chi connectivity index (χ0v) is 20.9. The van der Waals surface area contributed by atoms with Crippen LogP contribution in [-0.2, 0) is 12.1 Å². The predicted octanol–water partition coefficient (Wildman–Crippen LogP) is 5.33. The molecule has 0 unspecified atom stereocenters. The molecule has 30 heavy (non-hydrogen) atoms. The maximum Gasteiger partial charge on any atom is 0.287 e. The number of hydrogen-bond acceptors (Lipinski definition) is 5. The molecule has 0 aliphatic heterocycles. The Hall–Kier alpha value is -1.50. The Morgan fingerprint density at radius 2 is 1.73 bits per heavy atom. The highest BCUT2D eigenvalue weighted by atomic mass is 35.5. The van der Waals surface area contributed by atoms with Crippen LogP contribution in [0.3, 0.4) is 0 Å². The molecule has 0 amide bonds. The topological polar surface area (TPSA) is 56.1 Å². The van der Waals surface area contributed by atoms with E-state index in [2.05, 4.69) is 57.2 Å². The molecule has 0 radical (unpaired) electrons. The van der Waals surface area contributed by atoms with Crippen molar-refractivity contribution in [2.75, 3.05) is 12.4 Å². The molecule has 0 spiro atoms. The number of hydrogen-bond donors (Lipinski definition) is 1. The van der Waals surface area contributed by atoms with Crippen molar-refractivity contribution in [1.29, 1.82) is 0 Å². The van der Waals surface area contributed by atoms with Crippen LogP contribution in [0.2, 0.25) is 5.02 Å². The van der Waals surface area contributed by atoms with E-state index in [1.807, 2.05) is 20.8 Å². The molecular weight excluding hydrogens is 418 g/mol. The van der Waals surface area contributed by atoms with Crippen LogP contribution in [0.1, 0.15) is 58.2 Å². The smallest absolute Gasteiger partial charge is 0.287 e. The van der Waals surface area contributed by atoms with Crippen LogP contribution in [0, 0.1) is 13.8 Å². The molecule has 1 N–H and O–H groups in total. The van der Waals surface area contributed by atoms with Crippen molar-refractivity contribution in [2.24, 2.45) is 0 Å². The normalized spacial score (nSPS) is 12.3. The third-order valence-electron chi connectivity index (χ3n) is 4.45. The lowest BCUT2D eigenvalue weighted by atomic mass is 10.0. The second-order valence-electron chi connectivity index (χ2n) is 9.57. The maximum atomic E-state index is 12.4. The van der Waals surface area contributed by atoms with E-state index in [0.29, 0.717) is 17.3 Å².